The Hall–Kier alpha value is -4.24. The molecule has 0 aliphatic carbocycles. The summed E-state index contributed by atoms with van der Waals surface area (Å²) in [5.41, 5.74) is 8.23. The molecule has 7 rings (SSSR count). The number of aryl methyl sites for hydroxylation is 1. The number of fused-ring (bicyclic) bond motifs is 2. The summed E-state index contributed by atoms with van der Waals surface area (Å²) in [6, 6.07) is 0. The van der Waals surface area contributed by atoms with E-state index in [2.05, 4.69) is 48.4 Å². The molecule has 38 heteroatoms. The van der Waals surface area contributed by atoms with E-state index in [4.69, 9.17) is 25.5 Å². The van der Waals surface area contributed by atoms with Gasteiger partial charge in [-0.25, -0.2) is 13.9 Å². The van der Waals surface area contributed by atoms with E-state index in [1.54, 1.807) is 0 Å². The fraction of sp³-hybridized carbons (Fsp3) is 0.520. The summed E-state index contributed by atoms with van der Waals surface area (Å²) >= 11 is 0. The average molecular weight is 974 g/mol. The zero-order chi connectivity index (χ0) is 46.0. The van der Waals surface area contributed by atoms with Gasteiger partial charge in [0.05, 0.1) is 39.3 Å². The molecule has 2 aliphatic heterocycles. The van der Waals surface area contributed by atoms with Crippen LogP contribution in [0.15, 0.2) is 28.4 Å². The molecule has 0 saturated carbocycles. The molecule has 2 fully saturated rings. The number of anilines is 2. The summed E-state index contributed by atoms with van der Waals surface area (Å²) < 4.78 is 82.3. The van der Waals surface area contributed by atoms with E-state index in [-0.39, 0.29) is 34.2 Å². The molecule has 2 saturated heterocycles. The fourth-order valence-electron chi connectivity index (χ4n) is 6.32. The van der Waals surface area contributed by atoms with Gasteiger partial charge in [-0.2, -0.15) is 4.98 Å². The van der Waals surface area contributed by atoms with Gasteiger partial charge < -0.3 is 74.6 Å². The number of imidazole rings is 2. The summed E-state index contributed by atoms with van der Waals surface area (Å²) in [5, 5.41) is 50.8. The number of hydrogen-bond donors (Lipinski definition) is 9. The van der Waals surface area contributed by atoms with Crippen LogP contribution in [0.25, 0.3) is 22.3 Å². The number of hydrogen-bond acceptors (Lipinski definition) is 27. The maximum atomic E-state index is 12.7. The zero-order valence-corrected chi connectivity index (χ0v) is 35.0. The van der Waals surface area contributed by atoms with E-state index < -0.39 is 123 Å². The van der Waals surface area contributed by atoms with Crippen LogP contribution < -0.4 is 57.2 Å². The number of rotatable bonds is 17. The molecule has 5 aromatic heterocycles. The van der Waals surface area contributed by atoms with Crippen LogP contribution in [0, 0.1) is 0 Å². The predicted molar refractivity (Wildman–Crippen MR) is 193 cm³/mol. The molecule has 0 spiro atoms. The van der Waals surface area contributed by atoms with E-state index in [1.807, 2.05) is 5.09 Å². The molecule has 11 N–H and O–H groups in total. The van der Waals surface area contributed by atoms with Crippen molar-refractivity contribution in [1.29, 1.82) is 0 Å². The quantitative estimate of drug-likeness (QED) is 0.0309. The largest absolute Gasteiger partial charge is 0.774 e. The molecular formula is C25H33N14O20P4-3. The molecule has 0 radical (unpaired) electrons. The van der Waals surface area contributed by atoms with Gasteiger partial charge in [0, 0.05) is 6.54 Å². The molecule has 5 aromatic rings. The van der Waals surface area contributed by atoms with Crippen molar-refractivity contribution in [1.82, 2.24) is 54.1 Å². The predicted octanol–water partition coefficient (Wildman–Crippen LogP) is -8.38. The van der Waals surface area contributed by atoms with Gasteiger partial charge in [-0.15, -0.1) is 5.10 Å². The molecule has 0 bridgehead atoms. The highest BCUT2D eigenvalue weighted by atomic mass is 31.3. The Bertz CT molecular complexity index is 2850. The summed E-state index contributed by atoms with van der Waals surface area (Å²) in [7, 11) is -21.8. The van der Waals surface area contributed by atoms with Gasteiger partial charge in [-0.05, 0) is 0 Å². The summed E-state index contributed by atoms with van der Waals surface area (Å²) in [4.78, 5) is 90.7. The number of aliphatic hydroxyl groups excluding tert-OH is 4. The number of nitrogen functional groups attached to an aromatic ring is 2. The molecule has 34 nitrogen and oxygen atoms in total. The maximum absolute atomic E-state index is 12.7. The Morgan fingerprint density at radius 3 is 2.27 bits per heavy atom. The number of nitrogens with one attached hydrogen (secondary N) is 3. The highest BCUT2D eigenvalue weighted by Gasteiger charge is 2.48. The van der Waals surface area contributed by atoms with E-state index in [0.29, 0.717) is 10.9 Å². The van der Waals surface area contributed by atoms with Gasteiger partial charge in [0.15, 0.2) is 36.7 Å². The van der Waals surface area contributed by atoms with Gasteiger partial charge in [0.25, 0.3) is 32.7 Å². The second-order valence-corrected chi connectivity index (χ2v) is 19.9. The smallest absolute Gasteiger partial charge is 0.313 e. The number of aromatic nitrogens is 11. The van der Waals surface area contributed by atoms with Crippen LogP contribution in [-0.4, -0.2) is 126 Å². The number of H-pyrrole nitrogens is 2. The van der Waals surface area contributed by atoms with Crippen LogP contribution in [0.3, 0.4) is 0 Å². The van der Waals surface area contributed by atoms with Crippen molar-refractivity contribution in [3.63, 3.8) is 0 Å². The number of ether oxygens (including phenoxy) is 2. The van der Waals surface area contributed by atoms with Crippen molar-refractivity contribution in [2.24, 2.45) is 7.05 Å². The van der Waals surface area contributed by atoms with Crippen LogP contribution in [0.1, 0.15) is 12.5 Å². The first-order valence-electron chi connectivity index (χ1n) is 17.5. The Kier molecular flexibility index (Phi) is 12.8. The molecule has 2 aliphatic rings. The lowest BCUT2D eigenvalue weighted by atomic mass is 10.1. The first-order chi connectivity index (χ1) is 29.3. The Morgan fingerprint density at radius 1 is 0.889 bits per heavy atom. The Morgan fingerprint density at radius 2 is 1.54 bits per heavy atom. The molecule has 7 heterocycles. The number of nitrogens with two attached hydrogens (primary N) is 2. The average Bonchev–Trinajstić information content (AvgIpc) is 3.99. The topological polar surface area (TPSA) is 510 Å². The van der Waals surface area contributed by atoms with E-state index >= 15 is 0 Å². The lowest BCUT2D eigenvalue weighted by molar-refractivity contribution is -0.745. The van der Waals surface area contributed by atoms with E-state index in [9.17, 15) is 67.8 Å². The van der Waals surface area contributed by atoms with Gasteiger partial charge in [-0.3, -0.25) is 56.5 Å². The number of phosphoric acid groups is 2. The lowest BCUT2D eigenvalue weighted by Gasteiger charge is -2.34. The number of aliphatic hydroxyl groups is 4. The van der Waals surface area contributed by atoms with Gasteiger partial charge >= 0.3 is 5.65 Å². The minimum Gasteiger partial charge on any atom is -0.774 e. The van der Waals surface area contributed by atoms with Gasteiger partial charge in [0.2, 0.25) is 25.4 Å². The van der Waals surface area contributed by atoms with Crippen molar-refractivity contribution in [2.75, 3.05) is 31.2 Å². The third-order valence-electron chi connectivity index (χ3n) is 9.13. The number of phosphoric ester groups is 1. The summed E-state index contributed by atoms with van der Waals surface area (Å²) in [5.74, 6) is -0.590. The van der Waals surface area contributed by atoms with E-state index in [1.165, 1.54) is 17.9 Å². The van der Waals surface area contributed by atoms with Crippen molar-refractivity contribution in [2.45, 2.75) is 55.6 Å². The van der Waals surface area contributed by atoms with Crippen LogP contribution in [-0.2, 0) is 59.0 Å². The van der Waals surface area contributed by atoms with Crippen LogP contribution in [0.4, 0.5) is 11.9 Å². The van der Waals surface area contributed by atoms with E-state index in [0.717, 1.165) is 15.5 Å². The van der Waals surface area contributed by atoms with Crippen LogP contribution in [0.2, 0.25) is 0 Å². The minimum absolute atomic E-state index is 0.0216. The van der Waals surface area contributed by atoms with Crippen molar-refractivity contribution in [3.8, 4) is 0 Å². The lowest BCUT2D eigenvalue weighted by Crippen LogP contribution is -2.46. The maximum Gasteiger partial charge on any atom is 0.313 e. The fourth-order valence-corrected chi connectivity index (χ4v) is 10.8. The molecule has 12 atom stereocenters. The van der Waals surface area contributed by atoms with Gasteiger partial charge in [0.1, 0.15) is 36.6 Å². The third-order valence-corrected chi connectivity index (χ3v) is 14.7. The second kappa shape index (κ2) is 17.3. The molecule has 0 aromatic carbocycles. The first-order valence-corrected chi connectivity index (χ1v) is 23.5. The molecule has 0 amide bonds. The van der Waals surface area contributed by atoms with Crippen molar-refractivity contribution < 1.29 is 90.0 Å². The number of nitrogens with zero attached hydrogens (tertiary/aromatic N) is 9. The molecule has 6 unspecified atom stereocenters. The van der Waals surface area contributed by atoms with Crippen molar-refractivity contribution in [3.05, 3.63) is 39.6 Å². The Labute approximate surface area is 347 Å². The number of aromatic amines is 2. The summed E-state index contributed by atoms with van der Waals surface area (Å²) in [6.07, 6.45) is -10.2. The molecular weight excluding hydrogens is 940 g/mol. The van der Waals surface area contributed by atoms with Crippen LogP contribution >= 0.6 is 31.0 Å². The third kappa shape index (κ3) is 9.89. The summed E-state index contributed by atoms with van der Waals surface area (Å²) in [6.45, 7) is -3.07. The normalized spacial score (nSPS) is 28.0. The monoisotopic (exact) mass is 973 g/mol. The molecule has 346 valence electrons. The highest BCUT2D eigenvalue weighted by Crippen LogP contribution is 2.62. The first kappa shape index (κ1) is 46.7. The second-order valence-electron chi connectivity index (χ2n) is 13.5. The Balaban J connectivity index is 0.882. The van der Waals surface area contributed by atoms with Gasteiger partial charge in [-0.1, -0.05) is 10.2 Å². The standard InChI is InChI=1S/C25H36N14O20P4/c1-36-8-39(19-13(36)21(45)33-25(27)31-19)23-17(43)15(41)10(57-23)6-55-62(50,51)59-63(52,53)58-60(46,47)11-4-37(35-34-11)3-2-29-61(48,49)54-5-9-14(40)16(42)22(56-9)38-7-28-12-18(38)30-24(26)32-20(12)44/h4,7-10,14-17,22-23,40-43H,2-3,5-6H2,1H3,(H10-,26,27,29,30,31,32,33,44,45,46,47,48,49,50,51,52,53)/p-3/t9-,10-,14?,15+,16+,17?,22-,23-/m1/s1. The van der Waals surface area contributed by atoms with Crippen molar-refractivity contribution >= 4 is 70.6 Å². The highest BCUT2D eigenvalue weighted by molar-refractivity contribution is 7.70. The minimum atomic E-state index is -6.37. The molecule has 63 heavy (non-hydrogen) atoms. The SMILES string of the molecule is Cn1c[n+]([C@@H]2O[C@H](COP(=O)([O-])OP(=O)([O-])OP(=O)([O-])c3cn(CCNP(=O)([O-])OC[C@H]4O[C@@H](n5cnc6c(=O)[nH]c(N)nc65)[C@@H](O)C4O)nn3)[C@H](O)C2O)c2nc(N)[nH]c(=O)c21. The zero-order valence-electron chi connectivity index (χ0n) is 31.5. The van der Waals surface area contributed by atoms with Crippen LogP contribution in [0.5, 0.6) is 0 Å².